The first-order valence-corrected chi connectivity index (χ1v) is 6.16. The molecule has 21 heavy (non-hydrogen) atoms. The van der Waals surface area contributed by atoms with Gasteiger partial charge in [0.05, 0.1) is 16.6 Å². The molecular formula is C13H12N2O6. The molecule has 0 spiro atoms. The van der Waals surface area contributed by atoms with Gasteiger partial charge in [-0.25, -0.2) is 0 Å². The number of carbonyl (C=O) groups excluding carboxylic acids is 3. The minimum Gasteiger partial charge on any atom is -0.462 e. The fourth-order valence-electron chi connectivity index (χ4n) is 2.04. The molecule has 0 atom stereocenters. The van der Waals surface area contributed by atoms with E-state index < -0.39 is 34.9 Å². The maximum atomic E-state index is 12.1. The van der Waals surface area contributed by atoms with Gasteiger partial charge in [-0.1, -0.05) is 6.07 Å². The van der Waals surface area contributed by atoms with Gasteiger partial charge in [-0.05, 0) is 19.9 Å². The molecule has 2 amide bonds. The number of carbonyl (C=O) groups is 3. The van der Waals surface area contributed by atoms with E-state index in [1.165, 1.54) is 12.1 Å². The highest BCUT2D eigenvalue weighted by atomic mass is 16.6. The van der Waals surface area contributed by atoms with Crippen molar-refractivity contribution in [3.8, 4) is 0 Å². The Kier molecular flexibility index (Phi) is 3.70. The number of ether oxygens (including phenoxy) is 1. The minimum atomic E-state index is -0.858. The topological polar surface area (TPSA) is 107 Å². The number of benzene rings is 1. The first-order chi connectivity index (χ1) is 9.82. The molecule has 0 unspecified atom stereocenters. The van der Waals surface area contributed by atoms with E-state index in [1.54, 1.807) is 13.8 Å². The van der Waals surface area contributed by atoms with E-state index >= 15 is 0 Å². The molecule has 0 aromatic heterocycles. The number of rotatable bonds is 4. The number of fused-ring (bicyclic) bond motifs is 1. The van der Waals surface area contributed by atoms with Crippen LogP contribution in [0.25, 0.3) is 0 Å². The van der Waals surface area contributed by atoms with Gasteiger partial charge in [0.25, 0.3) is 17.5 Å². The van der Waals surface area contributed by atoms with E-state index in [1.807, 2.05) is 0 Å². The SMILES string of the molecule is CC(C)OC(=O)CN1C(=O)c2cccc([N+](=O)[O-])c2C1=O. The molecule has 1 aliphatic heterocycles. The van der Waals surface area contributed by atoms with Crippen LogP contribution in [0.1, 0.15) is 34.6 Å². The van der Waals surface area contributed by atoms with Crippen LogP contribution in [-0.2, 0) is 9.53 Å². The molecule has 2 rings (SSSR count). The Hall–Kier alpha value is -2.77. The highest BCUT2D eigenvalue weighted by Crippen LogP contribution is 2.30. The second-order valence-corrected chi connectivity index (χ2v) is 4.69. The Bertz CT molecular complexity index is 652. The molecule has 8 heteroatoms. The highest BCUT2D eigenvalue weighted by molar-refractivity contribution is 6.24. The molecule has 0 N–H and O–H groups in total. The van der Waals surface area contributed by atoms with Crippen LogP contribution < -0.4 is 0 Å². The summed E-state index contributed by atoms with van der Waals surface area (Å²) in [5.74, 6) is -2.34. The quantitative estimate of drug-likeness (QED) is 0.356. The highest BCUT2D eigenvalue weighted by Gasteiger charge is 2.41. The van der Waals surface area contributed by atoms with E-state index in [0.717, 1.165) is 6.07 Å². The summed E-state index contributed by atoms with van der Waals surface area (Å²) >= 11 is 0. The number of hydrogen-bond acceptors (Lipinski definition) is 6. The maximum Gasteiger partial charge on any atom is 0.326 e. The van der Waals surface area contributed by atoms with E-state index in [2.05, 4.69) is 0 Å². The van der Waals surface area contributed by atoms with Crippen LogP contribution in [0.3, 0.4) is 0 Å². The summed E-state index contributed by atoms with van der Waals surface area (Å²) in [6.07, 6.45) is -0.387. The second kappa shape index (κ2) is 5.31. The molecule has 1 heterocycles. The van der Waals surface area contributed by atoms with Crippen molar-refractivity contribution < 1.29 is 24.0 Å². The van der Waals surface area contributed by atoms with Crippen molar-refractivity contribution in [1.29, 1.82) is 0 Å². The summed E-state index contributed by atoms with van der Waals surface area (Å²) in [6.45, 7) is 2.69. The molecule has 0 saturated carbocycles. The van der Waals surface area contributed by atoms with Crippen LogP contribution in [-0.4, -0.2) is 40.3 Å². The van der Waals surface area contributed by atoms with E-state index in [0.29, 0.717) is 4.90 Å². The predicted molar refractivity (Wildman–Crippen MR) is 69.7 cm³/mol. The maximum absolute atomic E-state index is 12.1. The third kappa shape index (κ3) is 2.60. The van der Waals surface area contributed by atoms with Crippen molar-refractivity contribution in [3.05, 3.63) is 39.4 Å². The lowest BCUT2D eigenvalue weighted by Crippen LogP contribution is -2.36. The van der Waals surface area contributed by atoms with Crippen molar-refractivity contribution in [2.24, 2.45) is 0 Å². The van der Waals surface area contributed by atoms with Gasteiger partial charge in [0.2, 0.25) is 0 Å². The lowest BCUT2D eigenvalue weighted by atomic mass is 10.1. The molecule has 110 valence electrons. The molecule has 0 aliphatic carbocycles. The van der Waals surface area contributed by atoms with Gasteiger partial charge in [-0.15, -0.1) is 0 Å². The number of nitro groups is 1. The van der Waals surface area contributed by atoms with E-state index in [4.69, 9.17) is 4.74 Å². The number of amides is 2. The number of imide groups is 1. The summed E-state index contributed by atoms with van der Waals surface area (Å²) in [7, 11) is 0. The monoisotopic (exact) mass is 292 g/mol. The number of hydrogen-bond donors (Lipinski definition) is 0. The number of nitrogens with zero attached hydrogens (tertiary/aromatic N) is 2. The Morgan fingerprint density at radius 3 is 2.57 bits per heavy atom. The zero-order valence-electron chi connectivity index (χ0n) is 11.4. The fourth-order valence-corrected chi connectivity index (χ4v) is 2.04. The van der Waals surface area contributed by atoms with Crippen molar-refractivity contribution in [2.45, 2.75) is 20.0 Å². The van der Waals surface area contributed by atoms with E-state index in [-0.39, 0.29) is 17.2 Å². The van der Waals surface area contributed by atoms with Crippen LogP contribution in [0.15, 0.2) is 18.2 Å². The Balaban J connectivity index is 2.33. The average Bonchev–Trinajstić information content (AvgIpc) is 2.63. The van der Waals surface area contributed by atoms with Crippen molar-refractivity contribution in [2.75, 3.05) is 6.54 Å². The third-order valence-electron chi connectivity index (χ3n) is 2.83. The number of esters is 1. The molecule has 0 bridgehead atoms. The van der Waals surface area contributed by atoms with Gasteiger partial charge in [-0.2, -0.15) is 0 Å². The Labute approximate surface area is 119 Å². The molecule has 0 radical (unpaired) electrons. The normalized spacial score (nSPS) is 13.6. The fraction of sp³-hybridized carbons (Fsp3) is 0.308. The molecular weight excluding hydrogens is 280 g/mol. The van der Waals surface area contributed by atoms with Crippen LogP contribution in [0, 0.1) is 10.1 Å². The van der Waals surface area contributed by atoms with Crippen LogP contribution in [0.4, 0.5) is 5.69 Å². The summed E-state index contributed by atoms with van der Waals surface area (Å²) in [5.41, 5.74) is -0.818. The lowest BCUT2D eigenvalue weighted by Gasteiger charge is -2.14. The first-order valence-electron chi connectivity index (χ1n) is 6.16. The predicted octanol–water partition coefficient (Wildman–Crippen LogP) is 1.14. The lowest BCUT2D eigenvalue weighted by molar-refractivity contribution is -0.385. The van der Waals surface area contributed by atoms with Gasteiger partial charge >= 0.3 is 5.97 Å². The third-order valence-corrected chi connectivity index (χ3v) is 2.83. The van der Waals surface area contributed by atoms with Gasteiger partial charge in [0.15, 0.2) is 0 Å². The molecule has 1 aromatic rings. The second-order valence-electron chi connectivity index (χ2n) is 4.69. The average molecular weight is 292 g/mol. The molecule has 1 aliphatic rings. The van der Waals surface area contributed by atoms with Crippen LogP contribution >= 0.6 is 0 Å². The summed E-state index contributed by atoms with van der Waals surface area (Å²) in [6, 6.07) is 3.77. The van der Waals surface area contributed by atoms with Crippen molar-refractivity contribution in [3.63, 3.8) is 0 Å². The largest absolute Gasteiger partial charge is 0.462 e. The molecule has 0 saturated heterocycles. The summed E-state index contributed by atoms with van der Waals surface area (Å²) in [5, 5.41) is 10.9. The van der Waals surface area contributed by atoms with Crippen LogP contribution in [0.2, 0.25) is 0 Å². The van der Waals surface area contributed by atoms with Crippen LogP contribution in [0.5, 0.6) is 0 Å². The standard InChI is InChI=1S/C13H12N2O6/c1-7(2)21-10(16)6-14-12(17)8-4-3-5-9(15(19)20)11(8)13(14)18/h3-5,7H,6H2,1-2H3. The minimum absolute atomic E-state index is 0.0773. The van der Waals surface area contributed by atoms with Crippen molar-refractivity contribution in [1.82, 2.24) is 4.90 Å². The summed E-state index contributed by atoms with van der Waals surface area (Å²) < 4.78 is 4.87. The van der Waals surface area contributed by atoms with Crippen molar-refractivity contribution >= 4 is 23.5 Å². The molecule has 0 fully saturated rings. The van der Waals surface area contributed by atoms with Gasteiger partial charge < -0.3 is 4.74 Å². The van der Waals surface area contributed by atoms with E-state index in [9.17, 15) is 24.5 Å². The Morgan fingerprint density at radius 2 is 2.00 bits per heavy atom. The smallest absolute Gasteiger partial charge is 0.326 e. The number of nitro benzene ring substituents is 1. The first kappa shape index (κ1) is 14.6. The van der Waals surface area contributed by atoms with Gasteiger partial charge in [0, 0.05) is 6.07 Å². The summed E-state index contributed by atoms with van der Waals surface area (Å²) in [4.78, 5) is 46.6. The Morgan fingerprint density at radius 1 is 1.33 bits per heavy atom. The molecule has 8 nitrogen and oxygen atoms in total. The zero-order chi connectivity index (χ0) is 15.7. The molecule has 1 aromatic carbocycles. The zero-order valence-corrected chi connectivity index (χ0v) is 11.4. The van der Waals surface area contributed by atoms with Gasteiger partial charge in [0.1, 0.15) is 12.1 Å². The van der Waals surface area contributed by atoms with Gasteiger partial charge in [-0.3, -0.25) is 29.4 Å².